The predicted octanol–water partition coefficient (Wildman–Crippen LogP) is 20.9. The van der Waals surface area contributed by atoms with E-state index < -0.39 is 6.10 Å². The van der Waals surface area contributed by atoms with Crippen LogP contribution in [0.15, 0.2) is 36.5 Å². The minimum Gasteiger partial charge on any atom is -0.462 e. The molecule has 0 aromatic carbocycles. The van der Waals surface area contributed by atoms with Gasteiger partial charge in [-0.2, -0.15) is 0 Å². The largest absolute Gasteiger partial charge is 0.462 e. The summed E-state index contributed by atoms with van der Waals surface area (Å²) in [7, 11) is 0. The lowest BCUT2D eigenvalue weighted by Crippen LogP contribution is -2.30. The Labute approximate surface area is 425 Å². The summed E-state index contributed by atoms with van der Waals surface area (Å²) in [5.74, 6) is -0.392. The molecule has 0 spiro atoms. The Morgan fingerprint density at radius 1 is 0.324 bits per heavy atom. The lowest BCUT2D eigenvalue weighted by molar-refractivity contribution is -0.163. The molecular formula is C63H118O5. The first-order valence-electron chi connectivity index (χ1n) is 30.5. The van der Waals surface area contributed by atoms with Crippen LogP contribution >= 0.6 is 0 Å². The number of carbonyl (C=O) groups excluding carboxylic acids is 2. The Morgan fingerprint density at radius 2 is 0.618 bits per heavy atom. The van der Waals surface area contributed by atoms with Gasteiger partial charge in [0.05, 0.1) is 6.61 Å². The van der Waals surface area contributed by atoms with Gasteiger partial charge in [0.1, 0.15) is 6.61 Å². The molecule has 0 amide bonds. The Bertz CT molecular complexity index is 1080. The van der Waals surface area contributed by atoms with Crippen LogP contribution in [0.5, 0.6) is 0 Å². The molecular weight excluding hydrogens is 837 g/mol. The zero-order valence-electron chi connectivity index (χ0n) is 46.1. The molecule has 5 heteroatoms. The van der Waals surface area contributed by atoms with E-state index in [1.807, 2.05) is 0 Å². The van der Waals surface area contributed by atoms with E-state index in [-0.39, 0.29) is 25.2 Å². The highest BCUT2D eigenvalue weighted by molar-refractivity contribution is 5.70. The zero-order valence-corrected chi connectivity index (χ0v) is 46.1. The molecule has 0 N–H and O–H groups in total. The second-order valence-corrected chi connectivity index (χ2v) is 20.6. The number of hydrogen-bond acceptors (Lipinski definition) is 5. The van der Waals surface area contributed by atoms with E-state index in [0.29, 0.717) is 19.4 Å². The smallest absolute Gasteiger partial charge is 0.306 e. The summed E-state index contributed by atoms with van der Waals surface area (Å²) in [4.78, 5) is 25.5. The first-order valence-corrected chi connectivity index (χ1v) is 30.5. The van der Waals surface area contributed by atoms with Crippen LogP contribution in [0.1, 0.15) is 329 Å². The van der Waals surface area contributed by atoms with Gasteiger partial charge in [-0.15, -0.1) is 0 Å². The molecule has 1 unspecified atom stereocenters. The van der Waals surface area contributed by atoms with Gasteiger partial charge in [0, 0.05) is 19.4 Å². The van der Waals surface area contributed by atoms with E-state index in [1.165, 1.54) is 244 Å². The van der Waals surface area contributed by atoms with Crippen LogP contribution in [-0.2, 0) is 23.8 Å². The van der Waals surface area contributed by atoms with Crippen molar-refractivity contribution in [2.45, 2.75) is 335 Å². The summed E-state index contributed by atoms with van der Waals surface area (Å²) in [5, 5.41) is 0. The molecule has 0 rings (SSSR count). The topological polar surface area (TPSA) is 61.8 Å². The third kappa shape index (κ3) is 56.7. The summed E-state index contributed by atoms with van der Waals surface area (Å²) in [6.07, 6.45) is 73.2. The lowest BCUT2D eigenvalue weighted by atomic mass is 10.0. The molecule has 0 bridgehead atoms. The molecule has 5 nitrogen and oxygen atoms in total. The number of rotatable bonds is 57. The molecule has 0 heterocycles. The standard InChI is InChI=1S/C63H118O5/c1-4-7-10-13-16-19-22-25-27-29-31-33-35-37-40-43-46-49-52-55-58-66-59-61(68-63(65)57-54-51-48-45-42-38-24-21-18-15-12-9-6-3)60-67-62(64)56-53-50-47-44-41-39-36-34-32-30-28-26-23-20-17-14-11-8-5-2/h17,20-21,24,26,28,61H,4-16,18-19,22-23,25,27,29-60H2,1-3H3/b20-17-,24-21-,28-26-. The van der Waals surface area contributed by atoms with Crippen LogP contribution < -0.4 is 0 Å². The minimum absolute atomic E-state index is 0.0852. The van der Waals surface area contributed by atoms with Gasteiger partial charge >= 0.3 is 11.9 Å². The maximum Gasteiger partial charge on any atom is 0.306 e. The van der Waals surface area contributed by atoms with Crippen molar-refractivity contribution in [2.75, 3.05) is 19.8 Å². The van der Waals surface area contributed by atoms with E-state index in [9.17, 15) is 9.59 Å². The van der Waals surface area contributed by atoms with Crippen molar-refractivity contribution in [1.29, 1.82) is 0 Å². The summed E-state index contributed by atoms with van der Waals surface area (Å²) in [6, 6.07) is 0. The zero-order chi connectivity index (χ0) is 49.2. The van der Waals surface area contributed by atoms with Gasteiger partial charge in [0.15, 0.2) is 6.10 Å². The van der Waals surface area contributed by atoms with Crippen LogP contribution in [0.2, 0.25) is 0 Å². The summed E-state index contributed by atoms with van der Waals surface area (Å²) >= 11 is 0. The maximum atomic E-state index is 12.9. The van der Waals surface area contributed by atoms with Crippen LogP contribution in [0, 0.1) is 0 Å². The Kier molecular flexibility index (Phi) is 57.8. The minimum atomic E-state index is -0.538. The Hall–Kier alpha value is -1.88. The Balaban J connectivity index is 4.19. The molecule has 0 aromatic rings. The fourth-order valence-corrected chi connectivity index (χ4v) is 9.07. The van der Waals surface area contributed by atoms with Gasteiger partial charge in [0.2, 0.25) is 0 Å². The van der Waals surface area contributed by atoms with Crippen LogP contribution in [0.4, 0.5) is 0 Å². The molecule has 0 aliphatic rings. The van der Waals surface area contributed by atoms with Crippen LogP contribution in [-0.4, -0.2) is 37.9 Å². The number of ether oxygens (including phenoxy) is 3. The van der Waals surface area contributed by atoms with Gasteiger partial charge in [-0.3, -0.25) is 9.59 Å². The van der Waals surface area contributed by atoms with Crippen molar-refractivity contribution in [2.24, 2.45) is 0 Å². The molecule has 0 aliphatic heterocycles. The molecule has 0 aliphatic carbocycles. The van der Waals surface area contributed by atoms with Crippen LogP contribution in [0.25, 0.3) is 0 Å². The van der Waals surface area contributed by atoms with Gasteiger partial charge in [-0.1, -0.05) is 276 Å². The van der Waals surface area contributed by atoms with E-state index in [2.05, 4.69) is 57.2 Å². The predicted molar refractivity (Wildman–Crippen MR) is 298 cm³/mol. The summed E-state index contributed by atoms with van der Waals surface area (Å²) < 4.78 is 17.5. The third-order valence-electron chi connectivity index (χ3n) is 13.6. The number of carbonyl (C=O) groups is 2. The van der Waals surface area contributed by atoms with Gasteiger partial charge in [-0.05, 0) is 77.0 Å². The van der Waals surface area contributed by atoms with E-state index >= 15 is 0 Å². The fraction of sp³-hybridized carbons (Fsp3) is 0.873. The Morgan fingerprint density at radius 3 is 1.03 bits per heavy atom. The molecule has 0 saturated carbocycles. The molecule has 400 valence electrons. The first kappa shape index (κ1) is 66.1. The lowest BCUT2D eigenvalue weighted by Gasteiger charge is -2.18. The van der Waals surface area contributed by atoms with Crippen LogP contribution in [0.3, 0.4) is 0 Å². The molecule has 0 radical (unpaired) electrons. The highest BCUT2D eigenvalue weighted by atomic mass is 16.6. The van der Waals surface area contributed by atoms with E-state index in [1.54, 1.807) is 0 Å². The highest BCUT2D eigenvalue weighted by Gasteiger charge is 2.17. The normalized spacial score (nSPS) is 12.3. The highest BCUT2D eigenvalue weighted by Crippen LogP contribution is 2.17. The quantitative estimate of drug-likeness (QED) is 0.0345. The van der Waals surface area contributed by atoms with Crippen molar-refractivity contribution in [3.63, 3.8) is 0 Å². The summed E-state index contributed by atoms with van der Waals surface area (Å²) in [6.45, 7) is 7.85. The van der Waals surface area contributed by atoms with Crippen molar-refractivity contribution >= 4 is 11.9 Å². The van der Waals surface area contributed by atoms with Gasteiger partial charge < -0.3 is 14.2 Å². The first-order chi connectivity index (χ1) is 33.6. The van der Waals surface area contributed by atoms with E-state index in [4.69, 9.17) is 14.2 Å². The van der Waals surface area contributed by atoms with Crippen molar-refractivity contribution in [3.05, 3.63) is 36.5 Å². The molecule has 0 aromatic heterocycles. The van der Waals surface area contributed by atoms with Gasteiger partial charge in [-0.25, -0.2) is 0 Å². The third-order valence-corrected chi connectivity index (χ3v) is 13.6. The van der Waals surface area contributed by atoms with Crippen molar-refractivity contribution in [3.8, 4) is 0 Å². The molecule has 0 saturated heterocycles. The number of allylic oxidation sites excluding steroid dienone is 6. The maximum absolute atomic E-state index is 12.9. The van der Waals surface area contributed by atoms with Crippen molar-refractivity contribution < 1.29 is 23.8 Å². The van der Waals surface area contributed by atoms with E-state index in [0.717, 1.165) is 51.4 Å². The summed E-state index contributed by atoms with van der Waals surface area (Å²) in [5.41, 5.74) is 0. The van der Waals surface area contributed by atoms with Gasteiger partial charge in [0.25, 0.3) is 0 Å². The molecule has 68 heavy (non-hydrogen) atoms. The second kappa shape index (κ2) is 59.4. The fourth-order valence-electron chi connectivity index (χ4n) is 9.07. The molecule has 0 fully saturated rings. The number of hydrogen-bond donors (Lipinski definition) is 0. The average Bonchev–Trinajstić information content (AvgIpc) is 3.34. The SMILES string of the molecule is CCCCC/C=C\C/C=C\CCCCCCCCCCCC(=O)OCC(COCCCCCCCCCCCCCCCCCCCCCC)OC(=O)CCCCCCC/C=C\CCCCCC. The molecule has 1 atom stereocenters. The average molecular weight is 956 g/mol. The number of esters is 2. The monoisotopic (exact) mass is 955 g/mol. The van der Waals surface area contributed by atoms with Crippen molar-refractivity contribution in [1.82, 2.24) is 0 Å². The number of unbranched alkanes of at least 4 members (excludes halogenated alkanes) is 40. The second-order valence-electron chi connectivity index (χ2n) is 20.6.